The minimum atomic E-state index is -1.39. The molecule has 1 rings (SSSR count). The van der Waals surface area contributed by atoms with Crippen LogP contribution >= 0.6 is 11.3 Å². The van der Waals surface area contributed by atoms with E-state index in [1.54, 1.807) is 11.3 Å². The Balaban J connectivity index is 3.05. The Labute approximate surface area is 103 Å². The highest BCUT2D eigenvalue weighted by atomic mass is 32.1. The van der Waals surface area contributed by atoms with E-state index in [1.165, 1.54) is 4.50 Å². The van der Waals surface area contributed by atoms with Crippen molar-refractivity contribution < 1.29 is 4.79 Å². The van der Waals surface area contributed by atoms with E-state index in [9.17, 15) is 4.79 Å². The highest BCUT2D eigenvalue weighted by Crippen LogP contribution is 2.14. The van der Waals surface area contributed by atoms with E-state index in [0.717, 1.165) is 18.7 Å². The fourth-order valence-electron chi connectivity index (χ4n) is 1.74. The zero-order valence-corrected chi connectivity index (χ0v) is 12.6. The van der Waals surface area contributed by atoms with E-state index in [4.69, 9.17) is 0 Å². The molecule has 0 bridgehead atoms. The summed E-state index contributed by atoms with van der Waals surface area (Å²) in [4.78, 5) is 14.2. The minimum absolute atomic E-state index is 0.198. The Morgan fingerprint density at radius 2 is 1.88 bits per heavy atom. The molecule has 0 saturated carbocycles. The maximum Gasteiger partial charge on any atom is 0.254 e. The maximum atomic E-state index is 12.3. The van der Waals surface area contributed by atoms with Gasteiger partial charge in [0.05, 0.1) is 8.07 Å². The number of rotatable bonds is 4. The number of thiophene rings is 1. The Hall–Kier alpha value is -0.613. The number of hydrogen-bond acceptors (Lipinski definition) is 2. The van der Waals surface area contributed by atoms with E-state index in [-0.39, 0.29) is 5.91 Å². The zero-order valence-electron chi connectivity index (χ0n) is 10.8. The van der Waals surface area contributed by atoms with Crippen molar-refractivity contribution in [1.29, 1.82) is 0 Å². The van der Waals surface area contributed by atoms with Crippen LogP contribution in [0.1, 0.15) is 24.2 Å². The predicted molar refractivity (Wildman–Crippen MR) is 74.6 cm³/mol. The first kappa shape index (κ1) is 13.5. The molecule has 0 aliphatic rings. The largest absolute Gasteiger partial charge is 0.339 e. The van der Waals surface area contributed by atoms with Crippen LogP contribution in [0.15, 0.2) is 11.4 Å². The van der Waals surface area contributed by atoms with Gasteiger partial charge in [0.15, 0.2) is 0 Å². The van der Waals surface area contributed by atoms with Crippen LogP contribution in [0.3, 0.4) is 0 Å². The van der Waals surface area contributed by atoms with Gasteiger partial charge in [0.1, 0.15) is 0 Å². The molecule has 0 spiro atoms. The van der Waals surface area contributed by atoms with E-state index in [2.05, 4.69) is 19.6 Å². The third kappa shape index (κ3) is 2.74. The van der Waals surface area contributed by atoms with Gasteiger partial charge in [0.2, 0.25) is 0 Å². The van der Waals surface area contributed by atoms with Crippen LogP contribution in [-0.2, 0) is 0 Å². The molecule has 0 atom stereocenters. The third-order valence-corrected chi connectivity index (χ3v) is 7.18. The quantitative estimate of drug-likeness (QED) is 0.758. The van der Waals surface area contributed by atoms with Gasteiger partial charge in [-0.1, -0.05) is 19.6 Å². The van der Waals surface area contributed by atoms with E-state index in [0.29, 0.717) is 0 Å². The summed E-state index contributed by atoms with van der Waals surface area (Å²) in [7, 11) is -1.39. The van der Waals surface area contributed by atoms with Gasteiger partial charge in [-0.25, -0.2) is 0 Å². The molecule has 90 valence electrons. The van der Waals surface area contributed by atoms with Gasteiger partial charge < -0.3 is 4.90 Å². The van der Waals surface area contributed by atoms with Gasteiger partial charge in [-0.3, -0.25) is 4.79 Å². The van der Waals surface area contributed by atoms with Crippen molar-refractivity contribution in [3.05, 3.63) is 17.0 Å². The lowest BCUT2D eigenvalue weighted by atomic mass is 10.3. The van der Waals surface area contributed by atoms with E-state index >= 15 is 0 Å². The molecule has 0 unspecified atom stereocenters. The Bertz CT molecular complexity index is 363. The van der Waals surface area contributed by atoms with Crippen molar-refractivity contribution in [3.8, 4) is 0 Å². The highest BCUT2D eigenvalue weighted by molar-refractivity contribution is 7.25. The molecule has 0 saturated heterocycles. The Kier molecular flexibility index (Phi) is 4.33. The van der Waals surface area contributed by atoms with Gasteiger partial charge in [0, 0.05) is 23.2 Å². The summed E-state index contributed by atoms with van der Waals surface area (Å²) in [6.45, 7) is 12.5. The summed E-state index contributed by atoms with van der Waals surface area (Å²) in [5.74, 6) is 0.198. The van der Waals surface area contributed by atoms with Gasteiger partial charge >= 0.3 is 0 Å². The highest BCUT2D eigenvalue weighted by Gasteiger charge is 2.26. The molecular weight excluding hydrogens is 234 g/mol. The molecule has 0 aliphatic carbocycles. The van der Waals surface area contributed by atoms with Crippen molar-refractivity contribution in [3.63, 3.8) is 0 Å². The maximum absolute atomic E-state index is 12.3. The first-order valence-electron chi connectivity index (χ1n) is 5.79. The molecule has 1 heterocycles. The van der Waals surface area contributed by atoms with E-state index in [1.807, 2.05) is 30.2 Å². The van der Waals surface area contributed by atoms with Gasteiger partial charge in [-0.15, -0.1) is 0 Å². The summed E-state index contributed by atoms with van der Waals surface area (Å²) in [5, 5.41) is 2.05. The lowest BCUT2D eigenvalue weighted by Crippen LogP contribution is -2.42. The molecule has 0 aromatic carbocycles. The van der Waals surface area contributed by atoms with Crippen LogP contribution in [0, 0.1) is 0 Å². The second-order valence-corrected chi connectivity index (χ2v) is 11.2. The number of amides is 1. The summed E-state index contributed by atoms with van der Waals surface area (Å²) in [6.07, 6.45) is 0. The molecule has 1 aromatic heterocycles. The molecule has 0 N–H and O–H groups in total. The van der Waals surface area contributed by atoms with Crippen LogP contribution in [0.4, 0.5) is 0 Å². The van der Waals surface area contributed by atoms with Crippen LogP contribution in [0.5, 0.6) is 0 Å². The average molecular weight is 255 g/mol. The first-order valence-corrected chi connectivity index (χ1v) is 10.2. The lowest BCUT2D eigenvalue weighted by molar-refractivity contribution is 0.0774. The van der Waals surface area contributed by atoms with Crippen molar-refractivity contribution in [2.45, 2.75) is 33.5 Å². The predicted octanol–water partition coefficient (Wildman–Crippen LogP) is 2.78. The second-order valence-electron chi connectivity index (χ2n) is 4.89. The molecule has 2 nitrogen and oxygen atoms in total. The number of nitrogens with zero attached hydrogens (tertiary/aromatic N) is 1. The van der Waals surface area contributed by atoms with Crippen molar-refractivity contribution in [2.24, 2.45) is 0 Å². The molecule has 4 heteroatoms. The average Bonchev–Trinajstić information content (AvgIpc) is 2.67. The van der Waals surface area contributed by atoms with Crippen molar-refractivity contribution in [2.75, 3.05) is 13.1 Å². The lowest BCUT2D eigenvalue weighted by Gasteiger charge is -2.22. The van der Waals surface area contributed by atoms with Gasteiger partial charge in [-0.2, -0.15) is 11.3 Å². The zero-order chi connectivity index (χ0) is 12.3. The molecule has 16 heavy (non-hydrogen) atoms. The minimum Gasteiger partial charge on any atom is -0.339 e. The van der Waals surface area contributed by atoms with Crippen LogP contribution in [0.25, 0.3) is 0 Å². The van der Waals surface area contributed by atoms with Crippen molar-refractivity contribution >= 4 is 29.8 Å². The number of carbonyl (C=O) groups is 1. The summed E-state index contributed by atoms with van der Waals surface area (Å²) in [6, 6.07) is 1.99. The monoisotopic (exact) mass is 255 g/mol. The molecule has 0 fully saturated rings. The second kappa shape index (κ2) is 5.14. The standard InChI is InChI=1S/C12H21NOSSi/c1-6-13(7-2)11(14)10-8-9-15-12(10)16(3,4)5/h8-9H,6-7H2,1-5H3. The number of hydrogen-bond donors (Lipinski definition) is 0. The SMILES string of the molecule is CCN(CC)C(=O)c1ccsc1[Si](C)(C)C. The fourth-order valence-corrected chi connectivity index (χ4v) is 4.98. The van der Waals surface area contributed by atoms with Crippen molar-refractivity contribution in [1.82, 2.24) is 4.90 Å². The fraction of sp³-hybridized carbons (Fsp3) is 0.583. The van der Waals surface area contributed by atoms with Crippen LogP contribution in [0.2, 0.25) is 19.6 Å². The smallest absolute Gasteiger partial charge is 0.254 e. The summed E-state index contributed by atoms with van der Waals surface area (Å²) >= 11 is 1.74. The topological polar surface area (TPSA) is 20.3 Å². The molecule has 0 aliphatic heterocycles. The number of carbonyl (C=O) groups excluding carboxylic acids is 1. The Morgan fingerprint density at radius 1 is 1.31 bits per heavy atom. The van der Waals surface area contributed by atoms with Crippen LogP contribution < -0.4 is 4.50 Å². The molecule has 1 amide bonds. The van der Waals surface area contributed by atoms with Gasteiger partial charge in [-0.05, 0) is 25.3 Å². The third-order valence-electron chi connectivity index (χ3n) is 2.63. The first-order chi connectivity index (χ1) is 7.41. The van der Waals surface area contributed by atoms with Crippen LogP contribution in [-0.4, -0.2) is 32.0 Å². The normalized spacial score (nSPS) is 11.6. The Morgan fingerprint density at radius 3 is 2.31 bits per heavy atom. The van der Waals surface area contributed by atoms with E-state index < -0.39 is 8.07 Å². The molecular formula is C12H21NOSSi. The summed E-state index contributed by atoms with van der Waals surface area (Å²) < 4.78 is 1.32. The summed E-state index contributed by atoms with van der Waals surface area (Å²) in [5.41, 5.74) is 0.938. The van der Waals surface area contributed by atoms with Gasteiger partial charge in [0.25, 0.3) is 5.91 Å². The molecule has 0 radical (unpaired) electrons. The molecule has 1 aromatic rings.